The maximum atomic E-state index is 12.3. The van der Waals surface area contributed by atoms with Gasteiger partial charge in [-0.25, -0.2) is 0 Å². The largest absolute Gasteiger partial charge is 0.506 e. The number of hydrogen-bond donors (Lipinski definition) is 3. The van der Waals surface area contributed by atoms with Gasteiger partial charge < -0.3 is 15.7 Å². The molecule has 1 aromatic rings. The highest BCUT2D eigenvalue weighted by Crippen LogP contribution is 2.58. The number of nitro benzene ring substituents is 1. The first-order valence-corrected chi connectivity index (χ1v) is 7.01. The molecule has 1 heterocycles. The predicted octanol–water partition coefficient (Wildman–Crippen LogP) is 1.63. The van der Waals surface area contributed by atoms with Crippen molar-refractivity contribution in [2.24, 2.45) is 11.3 Å². The quantitative estimate of drug-likeness (QED) is 0.446. The van der Waals surface area contributed by atoms with Crippen LogP contribution in [0.2, 0.25) is 0 Å². The van der Waals surface area contributed by atoms with Crippen LogP contribution in [0.25, 0.3) is 0 Å². The zero-order chi connectivity index (χ0) is 15.0. The maximum absolute atomic E-state index is 12.3. The number of nitro groups is 1. The Morgan fingerprint density at radius 1 is 1.43 bits per heavy atom. The summed E-state index contributed by atoms with van der Waals surface area (Å²) in [5, 5.41) is 26.4. The lowest BCUT2D eigenvalue weighted by Crippen LogP contribution is -2.31. The number of nitrogens with one attached hydrogen (secondary N) is 2. The van der Waals surface area contributed by atoms with E-state index < -0.39 is 4.92 Å². The van der Waals surface area contributed by atoms with Crippen LogP contribution < -0.4 is 10.6 Å². The van der Waals surface area contributed by atoms with E-state index >= 15 is 0 Å². The van der Waals surface area contributed by atoms with Crippen molar-refractivity contribution in [3.8, 4) is 5.75 Å². The Labute approximate surface area is 121 Å². The molecule has 0 aromatic heterocycles. The van der Waals surface area contributed by atoms with Gasteiger partial charge in [-0.1, -0.05) is 0 Å². The van der Waals surface area contributed by atoms with Crippen molar-refractivity contribution >= 4 is 17.3 Å². The molecule has 3 N–H and O–H groups in total. The fourth-order valence-electron chi connectivity index (χ4n) is 3.15. The lowest BCUT2D eigenvalue weighted by Gasteiger charge is -2.23. The number of aromatic hydroxyl groups is 1. The summed E-state index contributed by atoms with van der Waals surface area (Å²) in [4.78, 5) is 22.5. The number of carbonyl (C=O) groups is 1. The van der Waals surface area contributed by atoms with Gasteiger partial charge in [-0.3, -0.25) is 14.9 Å². The van der Waals surface area contributed by atoms with E-state index in [9.17, 15) is 20.0 Å². The molecule has 2 aliphatic rings. The minimum Gasteiger partial charge on any atom is -0.506 e. The Morgan fingerprint density at radius 3 is 2.81 bits per heavy atom. The molecule has 112 valence electrons. The number of benzene rings is 1. The summed E-state index contributed by atoms with van der Waals surface area (Å²) in [5.41, 5.74) is 0.0340. The number of anilines is 1. The Balaban J connectivity index is 1.71. The molecule has 1 amide bonds. The van der Waals surface area contributed by atoms with E-state index in [0.29, 0.717) is 0 Å². The fraction of sp³-hybridized carbons (Fsp3) is 0.500. The second-order valence-electron chi connectivity index (χ2n) is 5.82. The molecule has 1 unspecified atom stereocenters. The highest BCUT2D eigenvalue weighted by molar-refractivity contribution is 5.96. The van der Waals surface area contributed by atoms with Crippen molar-refractivity contribution in [3.05, 3.63) is 28.3 Å². The maximum Gasteiger partial charge on any atom is 0.271 e. The molecule has 21 heavy (non-hydrogen) atoms. The van der Waals surface area contributed by atoms with Crippen molar-refractivity contribution in [2.75, 3.05) is 18.4 Å². The molecule has 1 aliphatic heterocycles. The van der Waals surface area contributed by atoms with E-state index in [1.54, 1.807) is 0 Å². The first kappa shape index (κ1) is 13.8. The monoisotopic (exact) mass is 291 g/mol. The van der Waals surface area contributed by atoms with Gasteiger partial charge in [-0.15, -0.1) is 0 Å². The third-order valence-electron chi connectivity index (χ3n) is 4.55. The van der Waals surface area contributed by atoms with Crippen LogP contribution in [-0.4, -0.2) is 29.0 Å². The number of phenols is 1. The van der Waals surface area contributed by atoms with Gasteiger partial charge in [0.1, 0.15) is 5.75 Å². The van der Waals surface area contributed by atoms with Gasteiger partial charge in [0.05, 0.1) is 10.6 Å². The van der Waals surface area contributed by atoms with E-state index in [-0.39, 0.29) is 34.4 Å². The smallest absolute Gasteiger partial charge is 0.271 e. The molecular weight excluding hydrogens is 274 g/mol. The molecule has 1 aromatic carbocycles. The third-order valence-corrected chi connectivity index (χ3v) is 4.55. The third kappa shape index (κ3) is 2.56. The molecule has 1 atom stereocenters. The SMILES string of the molecule is O=C(Nc1cc([N+](=O)[O-])ccc1O)C1CC12CCNCC2. The van der Waals surface area contributed by atoms with Crippen molar-refractivity contribution in [3.63, 3.8) is 0 Å². The first-order valence-electron chi connectivity index (χ1n) is 7.01. The van der Waals surface area contributed by atoms with Crippen LogP contribution in [0, 0.1) is 21.4 Å². The number of nitrogens with zero attached hydrogens (tertiary/aromatic N) is 1. The van der Waals surface area contributed by atoms with Crippen molar-refractivity contribution in [2.45, 2.75) is 19.3 Å². The van der Waals surface area contributed by atoms with Gasteiger partial charge in [-0.05, 0) is 43.8 Å². The van der Waals surface area contributed by atoms with Gasteiger partial charge in [0, 0.05) is 18.1 Å². The van der Waals surface area contributed by atoms with Crippen LogP contribution in [0.4, 0.5) is 11.4 Å². The molecule has 0 radical (unpaired) electrons. The van der Waals surface area contributed by atoms with E-state index in [1.807, 2.05) is 0 Å². The molecule has 7 heteroatoms. The highest BCUT2D eigenvalue weighted by atomic mass is 16.6. The molecule has 0 bridgehead atoms. The van der Waals surface area contributed by atoms with Crippen molar-refractivity contribution in [1.29, 1.82) is 0 Å². The second kappa shape index (κ2) is 5.00. The minimum absolute atomic E-state index is 0.0572. The summed E-state index contributed by atoms with van der Waals surface area (Å²) in [6.07, 6.45) is 2.81. The summed E-state index contributed by atoms with van der Waals surface area (Å²) >= 11 is 0. The fourth-order valence-corrected chi connectivity index (χ4v) is 3.15. The highest BCUT2D eigenvalue weighted by Gasteiger charge is 2.57. The lowest BCUT2D eigenvalue weighted by molar-refractivity contribution is -0.384. The molecular formula is C14H17N3O4. The molecule has 2 fully saturated rings. The molecule has 1 saturated carbocycles. The van der Waals surface area contributed by atoms with Crippen LogP contribution in [0.1, 0.15) is 19.3 Å². The normalized spacial score (nSPS) is 22.8. The van der Waals surface area contributed by atoms with Crippen molar-refractivity contribution < 1.29 is 14.8 Å². The number of hydrogen-bond acceptors (Lipinski definition) is 5. The van der Waals surface area contributed by atoms with Crippen LogP contribution in [0.15, 0.2) is 18.2 Å². The van der Waals surface area contributed by atoms with Gasteiger partial charge in [0.2, 0.25) is 5.91 Å². The first-order chi connectivity index (χ1) is 10.0. The molecule has 7 nitrogen and oxygen atoms in total. The van der Waals surface area contributed by atoms with Crippen LogP contribution in [0.3, 0.4) is 0 Å². The number of rotatable bonds is 3. The zero-order valence-corrected chi connectivity index (χ0v) is 11.5. The second-order valence-corrected chi connectivity index (χ2v) is 5.82. The van der Waals surface area contributed by atoms with E-state index in [4.69, 9.17) is 0 Å². The number of phenolic OH excluding ortho intramolecular Hbond substituents is 1. The zero-order valence-electron chi connectivity index (χ0n) is 11.5. The van der Waals surface area contributed by atoms with E-state index in [1.165, 1.54) is 18.2 Å². The summed E-state index contributed by atoms with van der Waals surface area (Å²) in [7, 11) is 0. The van der Waals surface area contributed by atoms with Gasteiger partial charge in [0.25, 0.3) is 5.69 Å². The predicted molar refractivity (Wildman–Crippen MR) is 76.0 cm³/mol. The number of piperidine rings is 1. The lowest BCUT2D eigenvalue weighted by atomic mass is 9.92. The van der Waals surface area contributed by atoms with Crippen LogP contribution in [-0.2, 0) is 4.79 Å². The van der Waals surface area contributed by atoms with E-state index in [2.05, 4.69) is 10.6 Å². The molecule has 3 rings (SSSR count). The van der Waals surface area contributed by atoms with Crippen LogP contribution in [0.5, 0.6) is 5.75 Å². The summed E-state index contributed by atoms with van der Waals surface area (Å²) in [6, 6.07) is 3.61. The van der Waals surface area contributed by atoms with E-state index in [0.717, 1.165) is 32.4 Å². The molecule has 1 saturated heterocycles. The summed E-state index contributed by atoms with van der Waals surface area (Å²) in [5.74, 6) is -0.375. The molecule has 1 spiro atoms. The van der Waals surface area contributed by atoms with Gasteiger partial charge >= 0.3 is 0 Å². The number of non-ortho nitro benzene ring substituents is 1. The molecule has 1 aliphatic carbocycles. The Morgan fingerprint density at radius 2 is 2.14 bits per heavy atom. The van der Waals surface area contributed by atoms with Crippen LogP contribution >= 0.6 is 0 Å². The minimum atomic E-state index is -0.555. The van der Waals surface area contributed by atoms with Crippen molar-refractivity contribution in [1.82, 2.24) is 5.32 Å². The summed E-state index contributed by atoms with van der Waals surface area (Å²) in [6.45, 7) is 1.84. The number of carbonyl (C=O) groups excluding carboxylic acids is 1. The topological polar surface area (TPSA) is 104 Å². The Kier molecular flexibility index (Phi) is 3.29. The average molecular weight is 291 g/mol. The van der Waals surface area contributed by atoms with Gasteiger partial charge in [-0.2, -0.15) is 0 Å². The van der Waals surface area contributed by atoms with Gasteiger partial charge in [0.15, 0.2) is 0 Å². The summed E-state index contributed by atoms with van der Waals surface area (Å²) < 4.78 is 0. The Hall–Kier alpha value is -2.15. The Bertz CT molecular complexity index is 596. The average Bonchev–Trinajstić information content (AvgIpc) is 3.15. The standard InChI is InChI=1S/C14H17N3O4/c18-12-2-1-9(17(20)21)7-11(12)16-13(19)10-8-14(10)3-5-15-6-4-14/h1-2,7,10,15,18H,3-6,8H2,(H,16,19). The number of amides is 1.